The van der Waals surface area contributed by atoms with E-state index in [0.29, 0.717) is 17.9 Å². The molecule has 23 heavy (non-hydrogen) atoms. The predicted molar refractivity (Wildman–Crippen MR) is 78.4 cm³/mol. The van der Waals surface area contributed by atoms with Crippen molar-refractivity contribution in [3.05, 3.63) is 29.8 Å². The number of benzene rings is 1. The maximum atomic E-state index is 13.2. The summed E-state index contributed by atoms with van der Waals surface area (Å²) in [5.74, 6) is 0.290. The van der Waals surface area contributed by atoms with Crippen LogP contribution in [0.3, 0.4) is 0 Å². The quantitative estimate of drug-likeness (QED) is 0.872. The number of ether oxygens (including phenoxy) is 1. The van der Waals surface area contributed by atoms with E-state index < -0.39 is 17.0 Å². The van der Waals surface area contributed by atoms with E-state index in [1.54, 1.807) is 24.3 Å². The molecule has 1 saturated heterocycles. The van der Waals surface area contributed by atoms with Crippen molar-refractivity contribution in [1.82, 2.24) is 10.6 Å². The van der Waals surface area contributed by atoms with Gasteiger partial charge in [-0.15, -0.1) is 0 Å². The van der Waals surface area contributed by atoms with Crippen LogP contribution in [0.25, 0.3) is 0 Å². The Bertz CT molecular complexity index is 602. The fraction of sp³-hybridized carbons (Fsp3) is 0.562. The van der Waals surface area contributed by atoms with Gasteiger partial charge >= 0.3 is 6.18 Å². The highest BCUT2D eigenvalue weighted by atomic mass is 19.4. The largest absolute Gasteiger partial charge is 0.494 e. The molecule has 1 aliphatic heterocycles. The number of amides is 1. The molecule has 3 rings (SSSR count). The molecule has 2 atom stereocenters. The maximum Gasteiger partial charge on any atom is 0.396 e. The number of carbonyl (C=O) groups is 1. The molecule has 1 aromatic rings. The Kier molecular flexibility index (Phi) is 3.78. The average Bonchev–Trinajstić information content (AvgIpc) is 3.03. The van der Waals surface area contributed by atoms with Crippen LogP contribution in [0.5, 0.6) is 5.75 Å². The highest BCUT2D eigenvalue weighted by Crippen LogP contribution is 2.72. The molecule has 2 aliphatic rings. The number of fused-ring (bicyclic) bond motifs is 1. The number of alkyl halides is 3. The Hall–Kier alpha value is -1.76. The van der Waals surface area contributed by atoms with E-state index in [1.165, 1.54) is 0 Å². The Morgan fingerprint density at radius 1 is 1.30 bits per heavy atom. The third-order valence-electron chi connectivity index (χ3n) is 4.98. The zero-order chi connectivity index (χ0) is 16.7. The first-order valence-electron chi connectivity index (χ1n) is 7.62. The first kappa shape index (κ1) is 16.1. The summed E-state index contributed by atoms with van der Waals surface area (Å²) in [7, 11) is 0. The lowest BCUT2D eigenvalue weighted by molar-refractivity contribution is -0.190. The van der Waals surface area contributed by atoms with Crippen molar-refractivity contribution in [3.63, 3.8) is 0 Å². The lowest BCUT2D eigenvalue weighted by Gasteiger charge is -2.20. The SMILES string of the molecule is CCOc1ccc(C(=O)NC[C@@]23CNC[C@]2(C(F)(F)F)C3)cc1. The van der Waals surface area contributed by atoms with E-state index in [0.717, 1.165) is 0 Å². The zero-order valence-electron chi connectivity index (χ0n) is 12.8. The summed E-state index contributed by atoms with van der Waals surface area (Å²) in [6, 6.07) is 6.56. The van der Waals surface area contributed by atoms with Crippen molar-refractivity contribution in [2.45, 2.75) is 19.5 Å². The Morgan fingerprint density at radius 3 is 2.57 bits per heavy atom. The Morgan fingerprint density at radius 2 is 2.00 bits per heavy atom. The minimum Gasteiger partial charge on any atom is -0.494 e. The van der Waals surface area contributed by atoms with Gasteiger partial charge < -0.3 is 15.4 Å². The monoisotopic (exact) mass is 328 g/mol. The van der Waals surface area contributed by atoms with E-state index in [9.17, 15) is 18.0 Å². The normalized spacial score (nSPS) is 29.0. The van der Waals surface area contributed by atoms with Crippen LogP contribution in [0.4, 0.5) is 13.2 Å². The second-order valence-corrected chi connectivity index (χ2v) is 6.28. The topological polar surface area (TPSA) is 50.4 Å². The van der Waals surface area contributed by atoms with Crippen molar-refractivity contribution in [1.29, 1.82) is 0 Å². The highest BCUT2D eigenvalue weighted by molar-refractivity contribution is 5.94. The first-order chi connectivity index (χ1) is 10.8. The van der Waals surface area contributed by atoms with Gasteiger partial charge in [-0.2, -0.15) is 13.2 Å². The van der Waals surface area contributed by atoms with Crippen LogP contribution in [-0.2, 0) is 0 Å². The van der Waals surface area contributed by atoms with Gasteiger partial charge in [0.05, 0.1) is 12.0 Å². The number of rotatable bonds is 5. The number of carbonyl (C=O) groups excluding carboxylic acids is 1. The number of hydrogen-bond donors (Lipinski definition) is 2. The molecular formula is C16H19F3N2O2. The van der Waals surface area contributed by atoms with Crippen LogP contribution in [0.15, 0.2) is 24.3 Å². The molecule has 0 radical (unpaired) electrons. The molecule has 1 aromatic carbocycles. The van der Waals surface area contributed by atoms with Gasteiger partial charge in [-0.1, -0.05) is 0 Å². The molecule has 4 nitrogen and oxygen atoms in total. The van der Waals surface area contributed by atoms with Crippen LogP contribution in [-0.4, -0.2) is 38.3 Å². The third-order valence-corrected chi connectivity index (χ3v) is 4.98. The lowest BCUT2D eigenvalue weighted by Crippen LogP contribution is -2.37. The van der Waals surface area contributed by atoms with Gasteiger partial charge in [-0.25, -0.2) is 0 Å². The van der Waals surface area contributed by atoms with Crippen molar-refractivity contribution < 1.29 is 22.7 Å². The predicted octanol–water partition coefficient (Wildman–Crippen LogP) is 2.36. The van der Waals surface area contributed by atoms with Crippen LogP contribution >= 0.6 is 0 Å². The molecular weight excluding hydrogens is 309 g/mol. The van der Waals surface area contributed by atoms with Gasteiger partial charge in [0.2, 0.25) is 0 Å². The van der Waals surface area contributed by atoms with Crippen LogP contribution in [0.1, 0.15) is 23.7 Å². The van der Waals surface area contributed by atoms with E-state index in [4.69, 9.17) is 4.74 Å². The number of piperidine rings is 1. The van der Waals surface area contributed by atoms with Crippen LogP contribution < -0.4 is 15.4 Å². The summed E-state index contributed by atoms with van der Waals surface area (Å²) in [6.45, 7) is 2.65. The molecule has 2 N–H and O–H groups in total. The second kappa shape index (κ2) is 5.40. The minimum atomic E-state index is -4.24. The molecule has 1 amide bonds. The number of halogens is 3. The summed E-state index contributed by atoms with van der Waals surface area (Å²) in [5, 5.41) is 5.46. The summed E-state index contributed by atoms with van der Waals surface area (Å²) >= 11 is 0. The second-order valence-electron chi connectivity index (χ2n) is 6.28. The summed E-state index contributed by atoms with van der Waals surface area (Å²) in [4.78, 5) is 12.1. The van der Waals surface area contributed by atoms with Crippen molar-refractivity contribution in [3.8, 4) is 5.75 Å². The van der Waals surface area contributed by atoms with Crippen molar-refractivity contribution in [2.24, 2.45) is 10.8 Å². The molecule has 1 aliphatic carbocycles. The summed E-state index contributed by atoms with van der Waals surface area (Å²) < 4.78 is 45.0. The van der Waals surface area contributed by atoms with Gasteiger partial charge in [0.15, 0.2) is 0 Å². The summed E-state index contributed by atoms with van der Waals surface area (Å²) in [6.07, 6.45) is -4.15. The van der Waals surface area contributed by atoms with Crippen molar-refractivity contribution in [2.75, 3.05) is 26.2 Å². The van der Waals surface area contributed by atoms with Gasteiger partial charge in [-0.3, -0.25) is 4.79 Å². The molecule has 0 spiro atoms. The summed E-state index contributed by atoms with van der Waals surface area (Å²) in [5.41, 5.74) is -2.16. The van der Waals surface area contributed by atoms with Gasteiger partial charge in [0, 0.05) is 30.6 Å². The molecule has 0 unspecified atom stereocenters. The third kappa shape index (κ3) is 2.56. The zero-order valence-corrected chi connectivity index (χ0v) is 12.8. The number of nitrogens with one attached hydrogen (secondary N) is 2. The fourth-order valence-corrected chi connectivity index (χ4v) is 3.55. The highest BCUT2D eigenvalue weighted by Gasteiger charge is 2.81. The van der Waals surface area contributed by atoms with Crippen molar-refractivity contribution >= 4 is 5.91 Å². The minimum absolute atomic E-state index is 0.0333. The maximum absolute atomic E-state index is 13.2. The van der Waals surface area contributed by atoms with E-state index in [2.05, 4.69) is 10.6 Å². The standard InChI is InChI=1S/C16H19F3N2O2/c1-2-23-12-5-3-11(4-6-12)13(22)21-9-14-7-15(14,10-20-8-14)16(17,18)19/h3-6,20H,2,7-10H2,1H3,(H,21,22)/t14-,15-/m1/s1. The number of hydrogen-bond acceptors (Lipinski definition) is 3. The molecule has 126 valence electrons. The van der Waals surface area contributed by atoms with Crippen LogP contribution in [0, 0.1) is 10.8 Å². The fourth-order valence-electron chi connectivity index (χ4n) is 3.55. The molecule has 2 fully saturated rings. The average molecular weight is 328 g/mol. The van der Waals surface area contributed by atoms with Gasteiger partial charge in [0.1, 0.15) is 5.75 Å². The first-order valence-corrected chi connectivity index (χ1v) is 7.62. The molecule has 0 aromatic heterocycles. The van der Waals surface area contributed by atoms with E-state index in [1.807, 2.05) is 6.92 Å². The van der Waals surface area contributed by atoms with Gasteiger partial charge in [0.25, 0.3) is 5.91 Å². The van der Waals surface area contributed by atoms with E-state index in [-0.39, 0.29) is 32.0 Å². The van der Waals surface area contributed by atoms with Gasteiger partial charge in [-0.05, 0) is 37.6 Å². The Labute approximate surface area is 132 Å². The van der Waals surface area contributed by atoms with E-state index >= 15 is 0 Å². The molecule has 0 bridgehead atoms. The smallest absolute Gasteiger partial charge is 0.396 e. The van der Waals surface area contributed by atoms with Crippen LogP contribution in [0.2, 0.25) is 0 Å². The molecule has 7 heteroatoms. The lowest BCUT2D eigenvalue weighted by atomic mass is 9.95. The molecule has 1 saturated carbocycles. The Balaban J connectivity index is 1.62. The molecule has 1 heterocycles.